The van der Waals surface area contributed by atoms with Gasteiger partial charge in [0.15, 0.2) is 6.79 Å². The molecule has 0 spiro atoms. The van der Waals surface area contributed by atoms with Crippen LogP contribution in [0.15, 0.2) is 54.6 Å². The van der Waals surface area contributed by atoms with Crippen molar-refractivity contribution in [3.05, 3.63) is 77.0 Å². The maximum Gasteiger partial charge on any atom is 0.188 e. The molecule has 1 N–H and O–H groups in total. The van der Waals surface area contributed by atoms with E-state index in [4.69, 9.17) is 14.5 Å². The summed E-state index contributed by atoms with van der Waals surface area (Å²) >= 11 is 0. The van der Waals surface area contributed by atoms with Gasteiger partial charge in [-0.1, -0.05) is 30.3 Å². The van der Waals surface area contributed by atoms with Crippen LogP contribution in [0.2, 0.25) is 0 Å². The van der Waals surface area contributed by atoms with Crippen molar-refractivity contribution >= 4 is 0 Å². The number of aryl methyl sites for hydroxylation is 2. The van der Waals surface area contributed by atoms with Gasteiger partial charge >= 0.3 is 0 Å². The van der Waals surface area contributed by atoms with E-state index in [1.54, 1.807) is 19.2 Å². The number of methoxy groups -OCH3 is 1. The van der Waals surface area contributed by atoms with Gasteiger partial charge in [0, 0.05) is 24.8 Å². The number of ether oxygens (including phenoxy) is 2. The lowest BCUT2D eigenvalue weighted by atomic mass is 9.97. The summed E-state index contributed by atoms with van der Waals surface area (Å²) in [6.45, 7) is 4.20. The van der Waals surface area contributed by atoms with Crippen LogP contribution in [0, 0.1) is 13.8 Å². The molecule has 0 aliphatic carbocycles. The number of hydrogen-bond donors (Lipinski definition) is 1. The Labute approximate surface area is 154 Å². The van der Waals surface area contributed by atoms with E-state index in [1.807, 2.05) is 56.3 Å². The lowest BCUT2D eigenvalue weighted by Crippen LogP contribution is -2.04. The van der Waals surface area contributed by atoms with E-state index < -0.39 is 0 Å². The number of hydrogen-bond acceptors (Lipinski definition) is 4. The molecule has 4 nitrogen and oxygen atoms in total. The molecular formula is C22H23NO3. The second kappa shape index (κ2) is 8.02. The Bertz CT molecular complexity index is 868. The summed E-state index contributed by atoms with van der Waals surface area (Å²) in [7, 11) is 1.60. The molecule has 0 fully saturated rings. The van der Waals surface area contributed by atoms with Gasteiger partial charge in [0.2, 0.25) is 0 Å². The molecule has 26 heavy (non-hydrogen) atoms. The van der Waals surface area contributed by atoms with Crippen molar-refractivity contribution in [1.29, 1.82) is 0 Å². The average Bonchev–Trinajstić information content (AvgIpc) is 2.64. The van der Waals surface area contributed by atoms with Gasteiger partial charge < -0.3 is 14.6 Å². The molecule has 0 bridgehead atoms. The van der Waals surface area contributed by atoms with Gasteiger partial charge in [-0.05, 0) is 54.8 Å². The summed E-state index contributed by atoms with van der Waals surface area (Å²) in [5.74, 6) is 0.992. The highest BCUT2D eigenvalue weighted by molar-refractivity contribution is 5.66. The zero-order chi connectivity index (χ0) is 18.5. The van der Waals surface area contributed by atoms with Crippen molar-refractivity contribution in [2.75, 3.05) is 13.9 Å². The Balaban J connectivity index is 1.99. The van der Waals surface area contributed by atoms with Crippen LogP contribution < -0.4 is 4.74 Å². The minimum absolute atomic E-state index is 0.178. The highest BCUT2D eigenvalue weighted by atomic mass is 16.7. The minimum atomic E-state index is 0.178. The van der Waals surface area contributed by atoms with Crippen LogP contribution in [0.25, 0.3) is 11.3 Å². The zero-order valence-corrected chi connectivity index (χ0v) is 15.3. The van der Waals surface area contributed by atoms with Gasteiger partial charge in [-0.3, -0.25) is 0 Å². The zero-order valence-electron chi connectivity index (χ0n) is 15.3. The Morgan fingerprint density at radius 3 is 2.31 bits per heavy atom. The number of phenols is 1. The monoisotopic (exact) mass is 349 g/mol. The number of aromatic nitrogens is 1. The van der Waals surface area contributed by atoms with E-state index in [0.717, 1.165) is 28.1 Å². The molecule has 0 aliphatic heterocycles. The molecule has 3 rings (SSSR count). The van der Waals surface area contributed by atoms with Gasteiger partial charge in [0.1, 0.15) is 17.2 Å². The summed E-state index contributed by atoms with van der Waals surface area (Å²) in [5, 5.41) is 9.75. The maximum atomic E-state index is 9.75. The SMILES string of the molecule is COCOc1ccc(Cc2c(C)cc(O)cc2C)nc1-c1ccccc1. The van der Waals surface area contributed by atoms with Crippen molar-refractivity contribution in [1.82, 2.24) is 4.98 Å². The van der Waals surface area contributed by atoms with Crippen LogP contribution in [-0.2, 0) is 11.2 Å². The largest absolute Gasteiger partial charge is 0.508 e. The lowest BCUT2D eigenvalue weighted by molar-refractivity contribution is 0.0513. The van der Waals surface area contributed by atoms with Crippen LogP contribution in [0.5, 0.6) is 11.5 Å². The van der Waals surface area contributed by atoms with E-state index in [0.29, 0.717) is 17.9 Å². The first-order chi connectivity index (χ1) is 12.6. The first-order valence-electron chi connectivity index (χ1n) is 8.54. The predicted molar refractivity (Wildman–Crippen MR) is 103 cm³/mol. The smallest absolute Gasteiger partial charge is 0.188 e. The van der Waals surface area contributed by atoms with Gasteiger partial charge in [-0.25, -0.2) is 4.98 Å². The topological polar surface area (TPSA) is 51.6 Å². The van der Waals surface area contributed by atoms with E-state index in [2.05, 4.69) is 0 Å². The van der Waals surface area contributed by atoms with Crippen molar-refractivity contribution in [2.45, 2.75) is 20.3 Å². The Morgan fingerprint density at radius 2 is 1.65 bits per heavy atom. The molecule has 1 aromatic heterocycles. The first-order valence-corrected chi connectivity index (χ1v) is 8.54. The lowest BCUT2D eigenvalue weighted by Gasteiger charge is -2.14. The fourth-order valence-electron chi connectivity index (χ4n) is 3.06. The molecule has 4 heteroatoms. The number of benzene rings is 2. The number of aromatic hydroxyl groups is 1. The Hall–Kier alpha value is -2.85. The highest BCUT2D eigenvalue weighted by Gasteiger charge is 2.12. The Kier molecular flexibility index (Phi) is 5.54. The molecule has 0 unspecified atom stereocenters. The standard InChI is InChI=1S/C22H23NO3/c1-15-11-19(24)12-16(2)20(15)13-18-9-10-21(26-14-25-3)22(23-18)17-7-5-4-6-8-17/h4-12,24H,13-14H2,1-3H3. The number of nitrogens with zero attached hydrogens (tertiary/aromatic N) is 1. The Morgan fingerprint density at radius 1 is 0.962 bits per heavy atom. The maximum absolute atomic E-state index is 9.75. The van der Waals surface area contributed by atoms with Gasteiger partial charge in [-0.2, -0.15) is 0 Å². The summed E-state index contributed by atoms with van der Waals surface area (Å²) in [6, 6.07) is 17.5. The highest BCUT2D eigenvalue weighted by Crippen LogP contribution is 2.30. The number of pyridine rings is 1. The second-order valence-corrected chi connectivity index (χ2v) is 6.30. The summed E-state index contributed by atoms with van der Waals surface area (Å²) in [5.41, 5.74) is 6.05. The van der Waals surface area contributed by atoms with Crippen molar-refractivity contribution in [2.24, 2.45) is 0 Å². The molecule has 0 saturated carbocycles. The number of phenolic OH excluding ortho intramolecular Hbond substituents is 1. The number of rotatable bonds is 6. The van der Waals surface area contributed by atoms with Crippen molar-refractivity contribution in [3.63, 3.8) is 0 Å². The second-order valence-electron chi connectivity index (χ2n) is 6.30. The van der Waals surface area contributed by atoms with E-state index in [9.17, 15) is 5.11 Å². The molecule has 0 saturated heterocycles. The molecular weight excluding hydrogens is 326 g/mol. The summed E-state index contributed by atoms with van der Waals surface area (Å²) in [6.07, 6.45) is 0.697. The van der Waals surface area contributed by atoms with Crippen LogP contribution >= 0.6 is 0 Å². The van der Waals surface area contributed by atoms with E-state index >= 15 is 0 Å². The molecule has 3 aromatic rings. The quantitative estimate of drug-likeness (QED) is 0.659. The third-order valence-electron chi connectivity index (χ3n) is 4.33. The van der Waals surface area contributed by atoms with Gasteiger partial charge in [0.05, 0.1) is 0 Å². The fourth-order valence-corrected chi connectivity index (χ4v) is 3.06. The van der Waals surface area contributed by atoms with Crippen molar-refractivity contribution < 1.29 is 14.6 Å². The molecule has 0 amide bonds. The normalized spacial score (nSPS) is 10.7. The van der Waals surface area contributed by atoms with Gasteiger partial charge in [0.25, 0.3) is 0 Å². The molecule has 0 radical (unpaired) electrons. The van der Waals surface area contributed by atoms with Gasteiger partial charge in [-0.15, -0.1) is 0 Å². The minimum Gasteiger partial charge on any atom is -0.508 e. The first kappa shape index (κ1) is 18.0. The summed E-state index contributed by atoms with van der Waals surface area (Å²) in [4.78, 5) is 4.85. The van der Waals surface area contributed by atoms with Crippen molar-refractivity contribution in [3.8, 4) is 22.8 Å². The van der Waals surface area contributed by atoms with Crippen LogP contribution in [-0.4, -0.2) is 24.0 Å². The van der Waals surface area contributed by atoms with E-state index in [1.165, 1.54) is 5.56 Å². The van der Waals surface area contributed by atoms with Crippen LogP contribution in [0.3, 0.4) is 0 Å². The average molecular weight is 349 g/mol. The molecule has 1 heterocycles. The molecule has 0 atom stereocenters. The van der Waals surface area contributed by atoms with Crippen LogP contribution in [0.1, 0.15) is 22.4 Å². The third kappa shape index (κ3) is 4.03. The van der Waals surface area contributed by atoms with E-state index in [-0.39, 0.29) is 6.79 Å². The predicted octanol–water partition coefficient (Wildman–Crippen LogP) is 4.64. The molecule has 0 aliphatic rings. The molecule has 2 aromatic carbocycles. The fraction of sp³-hybridized carbons (Fsp3) is 0.227. The summed E-state index contributed by atoms with van der Waals surface area (Å²) < 4.78 is 10.7. The van der Waals surface area contributed by atoms with Crippen LogP contribution in [0.4, 0.5) is 0 Å². The third-order valence-corrected chi connectivity index (χ3v) is 4.33. The molecule has 134 valence electrons.